The number of hydrogen-bond acceptors (Lipinski definition) is 4. The van der Waals surface area contributed by atoms with E-state index in [4.69, 9.17) is 0 Å². The molecule has 3 aromatic rings. The molecule has 1 aromatic carbocycles. The predicted octanol–water partition coefficient (Wildman–Crippen LogP) is 2.53. The van der Waals surface area contributed by atoms with Gasteiger partial charge in [-0.3, -0.25) is 0 Å². The summed E-state index contributed by atoms with van der Waals surface area (Å²) in [6, 6.07) is 10.4. The van der Waals surface area contributed by atoms with E-state index < -0.39 is 0 Å². The van der Waals surface area contributed by atoms with Crippen molar-refractivity contribution in [2.75, 3.05) is 7.05 Å². The van der Waals surface area contributed by atoms with Gasteiger partial charge in [0.1, 0.15) is 6.33 Å². The maximum absolute atomic E-state index is 4.49. The van der Waals surface area contributed by atoms with Gasteiger partial charge < -0.3 is 5.32 Å². The minimum Gasteiger partial charge on any atom is -0.317 e. The summed E-state index contributed by atoms with van der Waals surface area (Å²) in [5.74, 6) is 0.286. The minimum absolute atomic E-state index is 0.286. The van der Waals surface area contributed by atoms with E-state index in [0.29, 0.717) is 6.04 Å². The fraction of sp³-hybridized carbons (Fsp3) is 0.312. The van der Waals surface area contributed by atoms with Crippen molar-refractivity contribution in [1.29, 1.82) is 0 Å². The Morgan fingerprint density at radius 3 is 2.57 bits per heavy atom. The van der Waals surface area contributed by atoms with E-state index in [2.05, 4.69) is 34.2 Å². The number of para-hydroxylation sites is 1. The molecular formula is C16H19N5. The first-order valence-corrected chi connectivity index (χ1v) is 7.13. The number of aromatic nitrogens is 4. The molecule has 2 atom stereocenters. The molecule has 1 N–H and O–H groups in total. The number of likely N-dealkylation sites (N-methyl/N-ethyl adjacent to an activating group) is 1. The molecule has 0 bridgehead atoms. The van der Waals surface area contributed by atoms with Crippen LogP contribution in [-0.4, -0.2) is 32.8 Å². The van der Waals surface area contributed by atoms with Crippen molar-refractivity contribution in [1.82, 2.24) is 25.1 Å². The van der Waals surface area contributed by atoms with Gasteiger partial charge in [-0.25, -0.2) is 14.6 Å². The van der Waals surface area contributed by atoms with Crippen molar-refractivity contribution >= 4 is 11.0 Å². The zero-order valence-corrected chi connectivity index (χ0v) is 12.5. The summed E-state index contributed by atoms with van der Waals surface area (Å²) in [5.41, 5.74) is 2.89. The monoisotopic (exact) mass is 281 g/mol. The van der Waals surface area contributed by atoms with Crippen LogP contribution in [0.5, 0.6) is 0 Å². The van der Waals surface area contributed by atoms with Gasteiger partial charge >= 0.3 is 0 Å². The Balaban J connectivity index is 2.13. The maximum Gasteiger partial charge on any atom is 0.166 e. The fourth-order valence-electron chi connectivity index (χ4n) is 2.47. The van der Waals surface area contributed by atoms with Gasteiger partial charge in [0.25, 0.3) is 0 Å². The summed E-state index contributed by atoms with van der Waals surface area (Å²) in [6.07, 6.45) is 3.48. The lowest BCUT2D eigenvalue weighted by Gasteiger charge is -2.19. The Labute approximate surface area is 124 Å². The van der Waals surface area contributed by atoms with Crippen LogP contribution in [0.1, 0.15) is 25.5 Å². The van der Waals surface area contributed by atoms with Gasteiger partial charge in [-0.15, -0.1) is 0 Å². The Bertz CT molecular complexity index is 735. The van der Waals surface area contributed by atoms with E-state index in [1.165, 1.54) is 0 Å². The zero-order valence-electron chi connectivity index (χ0n) is 12.5. The van der Waals surface area contributed by atoms with E-state index in [-0.39, 0.29) is 5.92 Å². The van der Waals surface area contributed by atoms with Gasteiger partial charge in [-0.05, 0) is 26.1 Å². The smallest absolute Gasteiger partial charge is 0.166 e. The summed E-state index contributed by atoms with van der Waals surface area (Å²) in [6.45, 7) is 4.32. The molecule has 0 spiro atoms. The Hall–Kier alpha value is -2.27. The van der Waals surface area contributed by atoms with E-state index in [0.717, 1.165) is 22.4 Å². The van der Waals surface area contributed by atoms with Gasteiger partial charge in [-0.1, -0.05) is 25.1 Å². The highest BCUT2D eigenvalue weighted by atomic mass is 15.3. The molecule has 2 unspecified atom stereocenters. The first kappa shape index (κ1) is 13.7. The molecule has 0 aliphatic carbocycles. The maximum atomic E-state index is 4.49. The highest BCUT2D eigenvalue weighted by Crippen LogP contribution is 2.25. The van der Waals surface area contributed by atoms with Crippen LogP contribution in [0.2, 0.25) is 0 Å². The van der Waals surface area contributed by atoms with Crippen LogP contribution in [0.4, 0.5) is 0 Å². The zero-order chi connectivity index (χ0) is 14.8. The highest BCUT2D eigenvalue weighted by Gasteiger charge is 2.19. The van der Waals surface area contributed by atoms with Crippen molar-refractivity contribution in [2.45, 2.75) is 25.8 Å². The molecule has 0 saturated heterocycles. The fourth-order valence-corrected chi connectivity index (χ4v) is 2.47. The first-order chi connectivity index (χ1) is 10.2. The Kier molecular flexibility index (Phi) is 3.66. The van der Waals surface area contributed by atoms with E-state index in [1.807, 2.05) is 48.3 Å². The summed E-state index contributed by atoms with van der Waals surface area (Å²) in [4.78, 5) is 8.89. The van der Waals surface area contributed by atoms with Gasteiger partial charge in [-0.2, -0.15) is 5.10 Å². The van der Waals surface area contributed by atoms with Gasteiger partial charge in [0.2, 0.25) is 0 Å². The van der Waals surface area contributed by atoms with Gasteiger partial charge in [0, 0.05) is 12.0 Å². The minimum atomic E-state index is 0.286. The number of rotatable bonds is 4. The average Bonchev–Trinajstić information content (AvgIpc) is 2.98. The van der Waals surface area contributed by atoms with Gasteiger partial charge in [0.15, 0.2) is 5.65 Å². The van der Waals surface area contributed by atoms with Crippen LogP contribution in [0.3, 0.4) is 0 Å². The molecule has 0 aliphatic rings. The molecule has 2 aromatic heterocycles. The van der Waals surface area contributed by atoms with E-state index >= 15 is 0 Å². The van der Waals surface area contributed by atoms with Gasteiger partial charge in [0.05, 0.1) is 23.0 Å². The lowest BCUT2D eigenvalue weighted by molar-refractivity contribution is 0.517. The third-order valence-corrected chi connectivity index (χ3v) is 4.03. The first-order valence-electron chi connectivity index (χ1n) is 7.13. The lowest BCUT2D eigenvalue weighted by atomic mass is 9.98. The molecule has 0 amide bonds. The lowest BCUT2D eigenvalue weighted by Crippen LogP contribution is -2.27. The van der Waals surface area contributed by atoms with Crippen molar-refractivity contribution in [3.63, 3.8) is 0 Å². The Morgan fingerprint density at radius 2 is 1.86 bits per heavy atom. The molecule has 0 saturated carbocycles. The quantitative estimate of drug-likeness (QED) is 0.798. The molecule has 0 radical (unpaired) electrons. The summed E-state index contributed by atoms with van der Waals surface area (Å²) >= 11 is 0. The molecule has 108 valence electrons. The number of hydrogen-bond donors (Lipinski definition) is 1. The third-order valence-electron chi connectivity index (χ3n) is 4.03. The summed E-state index contributed by atoms with van der Waals surface area (Å²) in [5, 5.41) is 8.78. The van der Waals surface area contributed by atoms with Crippen molar-refractivity contribution in [2.24, 2.45) is 0 Å². The van der Waals surface area contributed by atoms with Crippen LogP contribution in [-0.2, 0) is 0 Å². The van der Waals surface area contributed by atoms with Crippen LogP contribution < -0.4 is 5.32 Å². The largest absolute Gasteiger partial charge is 0.317 e. The third kappa shape index (κ3) is 2.40. The predicted molar refractivity (Wildman–Crippen MR) is 83.6 cm³/mol. The van der Waals surface area contributed by atoms with Crippen LogP contribution in [0.25, 0.3) is 16.7 Å². The average molecular weight is 281 g/mol. The summed E-state index contributed by atoms with van der Waals surface area (Å²) < 4.78 is 1.86. The second-order valence-corrected chi connectivity index (χ2v) is 5.25. The van der Waals surface area contributed by atoms with Crippen LogP contribution in [0.15, 0.2) is 42.9 Å². The van der Waals surface area contributed by atoms with Crippen molar-refractivity contribution in [3.05, 3.63) is 48.5 Å². The highest BCUT2D eigenvalue weighted by molar-refractivity contribution is 5.79. The van der Waals surface area contributed by atoms with E-state index in [9.17, 15) is 0 Å². The molecule has 3 rings (SSSR count). The topological polar surface area (TPSA) is 55.6 Å². The number of benzene rings is 1. The molecule has 0 fully saturated rings. The summed E-state index contributed by atoms with van der Waals surface area (Å²) in [7, 11) is 1.97. The molecular weight excluding hydrogens is 262 g/mol. The van der Waals surface area contributed by atoms with E-state index in [1.54, 1.807) is 6.33 Å². The number of fused-ring (bicyclic) bond motifs is 1. The number of nitrogens with zero attached hydrogens (tertiary/aromatic N) is 4. The standard InChI is InChI=1S/C16H19N5/c1-11(12(2)17-3)15-14-9-20-21(16(14)19-10-18-15)13-7-5-4-6-8-13/h4-12,17H,1-3H3. The Morgan fingerprint density at radius 1 is 1.10 bits per heavy atom. The normalized spacial score (nSPS) is 14.2. The second-order valence-electron chi connectivity index (χ2n) is 5.25. The molecule has 5 heteroatoms. The molecule has 2 heterocycles. The van der Waals surface area contributed by atoms with Crippen molar-refractivity contribution in [3.8, 4) is 5.69 Å². The molecule has 21 heavy (non-hydrogen) atoms. The van der Waals surface area contributed by atoms with Crippen LogP contribution >= 0.6 is 0 Å². The molecule has 0 aliphatic heterocycles. The molecule has 5 nitrogen and oxygen atoms in total. The van der Waals surface area contributed by atoms with Crippen LogP contribution in [0, 0.1) is 0 Å². The number of nitrogens with one attached hydrogen (secondary N) is 1. The SMILES string of the molecule is CNC(C)C(C)c1ncnc2c1cnn2-c1ccccc1. The second kappa shape index (κ2) is 5.61. The van der Waals surface area contributed by atoms with Crippen molar-refractivity contribution < 1.29 is 0 Å².